The highest BCUT2D eigenvalue weighted by molar-refractivity contribution is 7.80. The molecule has 1 rings (SSSR count). The summed E-state index contributed by atoms with van der Waals surface area (Å²) >= 11 is 5.40. The number of allylic oxidation sites excluding steroid dienone is 2. The highest BCUT2D eigenvalue weighted by atomic mass is 32.1. The van der Waals surface area contributed by atoms with E-state index in [1.54, 1.807) is 6.08 Å². The summed E-state index contributed by atoms with van der Waals surface area (Å²) in [6.45, 7) is 7.34. The first kappa shape index (κ1) is 13.3. The van der Waals surface area contributed by atoms with Crippen LogP contribution in [0.2, 0.25) is 0 Å². The molecule has 1 fully saturated rings. The molecule has 1 aliphatic rings. The molecule has 1 aliphatic carbocycles. The van der Waals surface area contributed by atoms with Crippen LogP contribution in [0.3, 0.4) is 0 Å². The van der Waals surface area contributed by atoms with E-state index in [-0.39, 0.29) is 5.92 Å². The number of ketones is 1. The number of carbonyl (C=O) groups excluding carboxylic acids is 1. The molecule has 0 N–H and O–H groups in total. The lowest BCUT2D eigenvalue weighted by molar-refractivity contribution is -0.123. The van der Waals surface area contributed by atoms with Gasteiger partial charge in [0.05, 0.1) is 0 Å². The first-order valence-electron chi connectivity index (χ1n) is 5.98. The molecule has 0 heterocycles. The number of thiocarbonyl (C=S) groups is 1. The average molecular weight is 236 g/mol. The Morgan fingerprint density at radius 3 is 2.25 bits per heavy atom. The van der Waals surface area contributed by atoms with E-state index in [0.29, 0.717) is 18.1 Å². The minimum atomic E-state index is 0.138. The minimum absolute atomic E-state index is 0.138. The molecule has 0 amide bonds. The number of rotatable bonds is 6. The molecule has 0 bridgehead atoms. The van der Waals surface area contributed by atoms with Crippen molar-refractivity contribution in [3.05, 3.63) is 25.3 Å². The van der Waals surface area contributed by atoms with Gasteiger partial charge in [0.15, 0.2) is 0 Å². The van der Waals surface area contributed by atoms with Gasteiger partial charge in [-0.3, -0.25) is 4.79 Å². The van der Waals surface area contributed by atoms with Crippen molar-refractivity contribution >= 4 is 22.9 Å². The Morgan fingerprint density at radius 2 is 1.69 bits per heavy atom. The zero-order chi connectivity index (χ0) is 12.0. The van der Waals surface area contributed by atoms with Crippen molar-refractivity contribution < 1.29 is 4.79 Å². The van der Waals surface area contributed by atoms with Crippen LogP contribution in [0.4, 0.5) is 0 Å². The Labute approximate surface area is 104 Å². The van der Waals surface area contributed by atoms with Crippen LogP contribution in [0.25, 0.3) is 0 Å². The zero-order valence-corrected chi connectivity index (χ0v) is 10.6. The van der Waals surface area contributed by atoms with E-state index in [0.717, 1.165) is 30.5 Å². The van der Waals surface area contributed by atoms with Gasteiger partial charge in [0.2, 0.25) is 0 Å². The van der Waals surface area contributed by atoms with E-state index in [1.807, 2.05) is 6.08 Å². The van der Waals surface area contributed by atoms with Crippen LogP contribution in [-0.2, 0) is 4.79 Å². The quantitative estimate of drug-likeness (QED) is 0.514. The lowest BCUT2D eigenvalue weighted by Crippen LogP contribution is -2.31. The van der Waals surface area contributed by atoms with Gasteiger partial charge in [-0.15, -0.1) is 13.2 Å². The molecule has 2 unspecified atom stereocenters. The molecule has 0 aromatic carbocycles. The number of hydrogen-bond acceptors (Lipinski definition) is 2. The van der Waals surface area contributed by atoms with Crippen LogP contribution < -0.4 is 0 Å². The normalized spacial score (nSPS) is 24.8. The van der Waals surface area contributed by atoms with Crippen molar-refractivity contribution in [1.29, 1.82) is 0 Å². The van der Waals surface area contributed by atoms with Crippen molar-refractivity contribution in [2.24, 2.45) is 11.8 Å². The molecule has 2 atom stereocenters. The molecule has 0 radical (unpaired) electrons. The molecular weight excluding hydrogens is 216 g/mol. The van der Waals surface area contributed by atoms with Crippen LogP contribution in [0.1, 0.15) is 38.5 Å². The molecule has 0 aromatic heterocycles. The molecule has 0 aromatic rings. The predicted molar refractivity (Wildman–Crippen MR) is 72.7 cm³/mol. The number of carbonyl (C=O) groups is 1. The Balaban J connectivity index is 2.69. The Morgan fingerprint density at radius 1 is 1.12 bits per heavy atom. The molecule has 0 spiro atoms. The van der Waals surface area contributed by atoms with E-state index in [2.05, 4.69) is 13.2 Å². The summed E-state index contributed by atoms with van der Waals surface area (Å²) < 4.78 is 0. The Hall–Kier alpha value is -0.760. The fourth-order valence-corrected chi connectivity index (χ4v) is 2.89. The van der Waals surface area contributed by atoms with Gasteiger partial charge in [-0.25, -0.2) is 0 Å². The minimum Gasteiger partial charge on any atom is -0.299 e. The van der Waals surface area contributed by atoms with Gasteiger partial charge in [-0.05, 0) is 19.3 Å². The van der Waals surface area contributed by atoms with E-state index >= 15 is 0 Å². The van der Waals surface area contributed by atoms with E-state index in [1.165, 1.54) is 6.42 Å². The SMILES string of the molecule is C=CCC(=O)C1CCCCC1C(=S)CC=C. The highest BCUT2D eigenvalue weighted by Crippen LogP contribution is 2.33. The highest BCUT2D eigenvalue weighted by Gasteiger charge is 2.31. The second-order valence-electron chi connectivity index (χ2n) is 4.42. The van der Waals surface area contributed by atoms with Gasteiger partial charge < -0.3 is 0 Å². The fraction of sp³-hybridized carbons (Fsp3) is 0.571. The van der Waals surface area contributed by atoms with Crippen molar-refractivity contribution in [2.75, 3.05) is 0 Å². The number of hydrogen-bond donors (Lipinski definition) is 0. The standard InChI is InChI=1S/C14H20OS/c1-3-7-13(15)11-9-5-6-10-12(11)14(16)8-4-2/h3-4,11-12H,1-2,5-10H2. The second-order valence-corrected chi connectivity index (χ2v) is 4.94. The van der Waals surface area contributed by atoms with Gasteiger partial charge in [0.25, 0.3) is 0 Å². The number of Topliss-reactive ketones (excluding diaryl/α,β-unsaturated/α-hetero) is 1. The molecule has 1 nitrogen and oxygen atoms in total. The first-order valence-corrected chi connectivity index (χ1v) is 6.38. The van der Waals surface area contributed by atoms with E-state index in [9.17, 15) is 4.79 Å². The summed E-state index contributed by atoms with van der Waals surface area (Å²) in [6.07, 6.45) is 9.20. The van der Waals surface area contributed by atoms with Crippen LogP contribution >= 0.6 is 12.2 Å². The maximum absolute atomic E-state index is 12.0. The lowest BCUT2D eigenvalue weighted by Gasteiger charge is -2.30. The van der Waals surface area contributed by atoms with Gasteiger partial charge >= 0.3 is 0 Å². The van der Waals surface area contributed by atoms with Crippen LogP contribution in [0, 0.1) is 11.8 Å². The van der Waals surface area contributed by atoms with Gasteiger partial charge in [0, 0.05) is 23.1 Å². The summed E-state index contributed by atoms with van der Waals surface area (Å²) in [4.78, 5) is 13.0. The van der Waals surface area contributed by atoms with E-state index in [4.69, 9.17) is 12.2 Å². The molecular formula is C14H20OS. The molecule has 1 saturated carbocycles. The molecule has 0 aliphatic heterocycles. The average Bonchev–Trinajstić information content (AvgIpc) is 2.30. The summed E-state index contributed by atoms with van der Waals surface area (Å²) in [5.41, 5.74) is 0. The molecule has 0 saturated heterocycles. The topological polar surface area (TPSA) is 17.1 Å². The largest absolute Gasteiger partial charge is 0.299 e. The summed E-state index contributed by atoms with van der Waals surface area (Å²) in [6, 6.07) is 0. The van der Waals surface area contributed by atoms with Gasteiger partial charge in [-0.1, -0.05) is 37.2 Å². The zero-order valence-electron chi connectivity index (χ0n) is 9.78. The van der Waals surface area contributed by atoms with Crippen LogP contribution in [0.15, 0.2) is 25.3 Å². The molecule has 16 heavy (non-hydrogen) atoms. The third-order valence-electron chi connectivity index (χ3n) is 3.28. The smallest absolute Gasteiger partial charge is 0.140 e. The predicted octanol–water partition coefficient (Wildman–Crippen LogP) is 3.88. The second kappa shape index (κ2) is 6.74. The molecule has 2 heteroatoms. The van der Waals surface area contributed by atoms with Gasteiger partial charge in [-0.2, -0.15) is 0 Å². The van der Waals surface area contributed by atoms with Crippen molar-refractivity contribution in [2.45, 2.75) is 38.5 Å². The lowest BCUT2D eigenvalue weighted by atomic mass is 9.74. The maximum atomic E-state index is 12.0. The summed E-state index contributed by atoms with van der Waals surface area (Å²) in [5, 5.41) is 0. The fourth-order valence-electron chi connectivity index (χ4n) is 2.49. The first-order chi connectivity index (χ1) is 7.70. The Kier molecular flexibility index (Phi) is 5.61. The third-order valence-corrected chi connectivity index (χ3v) is 3.75. The van der Waals surface area contributed by atoms with Gasteiger partial charge in [0.1, 0.15) is 5.78 Å². The summed E-state index contributed by atoms with van der Waals surface area (Å²) in [7, 11) is 0. The van der Waals surface area contributed by atoms with Crippen molar-refractivity contribution in [3.63, 3.8) is 0 Å². The monoisotopic (exact) mass is 236 g/mol. The maximum Gasteiger partial charge on any atom is 0.140 e. The van der Waals surface area contributed by atoms with Crippen molar-refractivity contribution in [3.8, 4) is 0 Å². The summed E-state index contributed by atoms with van der Waals surface area (Å²) in [5.74, 6) is 0.750. The Bertz CT molecular complexity index is 263. The van der Waals surface area contributed by atoms with Crippen LogP contribution in [0.5, 0.6) is 0 Å². The third kappa shape index (κ3) is 3.38. The molecule has 88 valence electrons. The van der Waals surface area contributed by atoms with Crippen LogP contribution in [-0.4, -0.2) is 10.6 Å². The van der Waals surface area contributed by atoms with Crippen molar-refractivity contribution in [1.82, 2.24) is 0 Å². The van der Waals surface area contributed by atoms with E-state index < -0.39 is 0 Å².